The van der Waals surface area contributed by atoms with E-state index in [9.17, 15) is 19.5 Å². The van der Waals surface area contributed by atoms with E-state index in [1.165, 1.54) is 0 Å². The van der Waals surface area contributed by atoms with Crippen LogP contribution in [0.4, 0.5) is 0 Å². The first-order valence-corrected chi connectivity index (χ1v) is 15.6. The third-order valence-corrected chi connectivity index (χ3v) is 8.28. The summed E-state index contributed by atoms with van der Waals surface area (Å²) in [6.45, 7) is 12.8. The summed E-state index contributed by atoms with van der Waals surface area (Å²) in [5, 5.41) is 14.0. The molecule has 3 rings (SSSR count). The number of hydrogen-bond donors (Lipinski definition) is 2. The van der Waals surface area contributed by atoms with Crippen LogP contribution in [0.5, 0.6) is 0 Å². The zero-order valence-electron chi connectivity index (χ0n) is 26.2. The highest BCUT2D eigenvalue weighted by Gasteiger charge is 2.58. The second-order valence-corrected chi connectivity index (χ2v) is 12.5. The Morgan fingerprint density at radius 1 is 1.14 bits per heavy atom. The molecular weight excluding hydrogens is 538 g/mol. The average Bonchev–Trinajstić information content (AvgIpc) is 3.69. The van der Waals surface area contributed by atoms with Crippen molar-refractivity contribution < 1.29 is 38.4 Å². The molecule has 9 heteroatoms. The van der Waals surface area contributed by atoms with Crippen LogP contribution in [0.15, 0.2) is 36.0 Å². The normalized spacial score (nSPS) is 33.4. The molecule has 1 spiro atoms. The first-order chi connectivity index (χ1) is 19.9. The van der Waals surface area contributed by atoms with E-state index in [-0.39, 0.29) is 60.8 Å². The predicted molar refractivity (Wildman–Crippen MR) is 160 cm³/mol. The van der Waals surface area contributed by atoms with Crippen LogP contribution in [0.25, 0.3) is 0 Å². The van der Waals surface area contributed by atoms with Crippen LogP contribution >= 0.6 is 0 Å². The molecule has 0 aromatic rings. The van der Waals surface area contributed by atoms with Gasteiger partial charge in [-0.15, -0.1) is 0 Å². The highest BCUT2D eigenvalue weighted by Crippen LogP contribution is 2.43. The van der Waals surface area contributed by atoms with E-state index in [0.717, 1.165) is 18.4 Å². The molecule has 0 unspecified atom stereocenters. The number of ketones is 1. The molecule has 3 aliphatic rings. The van der Waals surface area contributed by atoms with Crippen LogP contribution in [0.3, 0.4) is 0 Å². The van der Waals surface area contributed by atoms with Crippen molar-refractivity contribution in [2.45, 2.75) is 129 Å². The number of esters is 1. The lowest BCUT2D eigenvalue weighted by molar-refractivity contribution is -0.144. The van der Waals surface area contributed by atoms with Gasteiger partial charge in [0.15, 0.2) is 0 Å². The van der Waals surface area contributed by atoms with E-state index < -0.39 is 17.8 Å². The fourth-order valence-electron chi connectivity index (χ4n) is 5.66. The van der Waals surface area contributed by atoms with Gasteiger partial charge in [0.05, 0.1) is 37.6 Å². The van der Waals surface area contributed by atoms with Gasteiger partial charge in [-0.25, -0.2) is 0 Å². The summed E-state index contributed by atoms with van der Waals surface area (Å²) >= 11 is 0. The molecule has 3 heterocycles. The molecule has 3 fully saturated rings. The van der Waals surface area contributed by atoms with E-state index >= 15 is 0 Å². The maximum atomic E-state index is 12.5. The minimum absolute atomic E-state index is 0.0233. The van der Waals surface area contributed by atoms with Gasteiger partial charge in [-0.05, 0) is 57.9 Å². The fourth-order valence-corrected chi connectivity index (χ4v) is 5.66. The van der Waals surface area contributed by atoms with Crippen LogP contribution in [-0.2, 0) is 33.3 Å². The Hall–Kier alpha value is -2.33. The lowest BCUT2D eigenvalue weighted by Gasteiger charge is -2.39. The fraction of sp³-hybridized carbons (Fsp3) is 0.727. The molecule has 9 nitrogen and oxygen atoms in total. The number of carbonyl (C=O) groups is 3. The van der Waals surface area contributed by atoms with Crippen molar-refractivity contribution in [1.82, 2.24) is 5.32 Å². The summed E-state index contributed by atoms with van der Waals surface area (Å²) in [4.78, 5) is 36.3. The Kier molecular flexibility index (Phi) is 13.0. The van der Waals surface area contributed by atoms with Crippen molar-refractivity contribution in [2.75, 3.05) is 13.2 Å². The highest BCUT2D eigenvalue weighted by molar-refractivity contribution is 5.87. The topological polar surface area (TPSA) is 124 Å². The third kappa shape index (κ3) is 10.4. The first kappa shape index (κ1) is 34.2. The molecule has 0 bridgehead atoms. The van der Waals surface area contributed by atoms with E-state index in [4.69, 9.17) is 18.9 Å². The summed E-state index contributed by atoms with van der Waals surface area (Å²) < 4.78 is 23.0. The number of allylic oxidation sites excluding steroid dienone is 3. The van der Waals surface area contributed by atoms with E-state index in [1.54, 1.807) is 13.0 Å². The van der Waals surface area contributed by atoms with Crippen molar-refractivity contribution in [3.63, 3.8) is 0 Å². The average molecular weight is 590 g/mol. The summed E-state index contributed by atoms with van der Waals surface area (Å²) in [5.74, 6) is 0.259. The third-order valence-electron chi connectivity index (χ3n) is 8.28. The molecule has 0 saturated carbocycles. The summed E-state index contributed by atoms with van der Waals surface area (Å²) in [7, 11) is 0. The van der Waals surface area contributed by atoms with Crippen LogP contribution in [0.2, 0.25) is 0 Å². The molecule has 0 radical (unpaired) electrons. The predicted octanol–water partition coefficient (Wildman–Crippen LogP) is 4.37. The van der Waals surface area contributed by atoms with E-state index in [2.05, 4.69) is 18.3 Å². The zero-order valence-corrected chi connectivity index (χ0v) is 26.2. The number of rotatable bonds is 14. The maximum absolute atomic E-state index is 12.5. The molecule has 8 atom stereocenters. The number of Topliss-reactive ketones (excluding diaryl/α,β-unsaturated/α-hetero) is 1. The minimum Gasteiger partial charge on any atom is -0.466 e. The van der Waals surface area contributed by atoms with Crippen LogP contribution in [-0.4, -0.2) is 78.1 Å². The molecule has 0 aliphatic carbocycles. The summed E-state index contributed by atoms with van der Waals surface area (Å²) in [6, 6.07) is -0.0233. The molecule has 2 N–H and O–H groups in total. The lowest BCUT2D eigenvalue weighted by atomic mass is 9.86. The molecule has 42 heavy (non-hydrogen) atoms. The Morgan fingerprint density at radius 2 is 1.88 bits per heavy atom. The Morgan fingerprint density at radius 3 is 2.55 bits per heavy atom. The smallest absolute Gasteiger partial charge is 0.305 e. The van der Waals surface area contributed by atoms with Gasteiger partial charge in [0.2, 0.25) is 5.91 Å². The number of carbonyl (C=O) groups excluding carboxylic acids is 3. The van der Waals surface area contributed by atoms with Crippen molar-refractivity contribution in [2.24, 2.45) is 11.8 Å². The number of aliphatic hydroxyl groups excluding tert-OH is 1. The zero-order chi connectivity index (χ0) is 30.9. The molecule has 3 saturated heterocycles. The Bertz CT molecular complexity index is 1010. The minimum atomic E-state index is -0.804. The molecule has 0 aromatic carbocycles. The number of amides is 1. The van der Waals surface area contributed by atoms with Gasteiger partial charge >= 0.3 is 5.97 Å². The monoisotopic (exact) mass is 589 g/mol. The van der Waals surface area contributed by atoms with Gasteiger partial charge in [-0.2, -0.15) is 0 Å². The van der Waals surface area contributed by atoms with Gasteiger partial charge in [-0.1, -0.05) is 50.6 Å². The van der Waals surface area contributed by atoms with Gasteiger partial charge in [0.1, 0.15) is 23.6 Å². The van der Waals surface area contributed by atoms with Gasteiger partial charge in [0.25, 0.3) is 0 Å². The number of aliphatic hydroxyl groups is 1. The Balaban J connectivity index is 1.49. The standard InChI is InChI=1S/C33H51NO8/c1-7-39-31(37)10-8-9-25(35)18-26-19-33(20-40-33)32(38)29(42-26)15-13-22(4)12-14-28-23(5)17-27(24(6)41-28)34-30(36)16-11-21(2)3/h11-13,15-16,21,23-24,26-29,32,38H,7-10,14,17-20H2,1-6H3,(H,34,36)/b15-13+,16-11-,22-12+/t23-,24+,26+,27+,28-,29+,32+,33+/m0/s1. The maximum Gasteiger partial charge on any atom is 0.305 e. The van der Waals surface area contributed by atoms with Crippen molar-refractivity contribution in [3.05, 3.63) is 36.0 Å². The van der Waals surface area contributed by atoms with Gasteiger partial charge < -0.3 is 29.4 Å². The SMILES string of the molecule is CCOC(=O)CCCC(=O)C[C@@H]1C[C@@]2(CO2)[C@H](O)[C@@H](/C=C/C(C)=C/C[C@@H]2O[C@H](C)[C@H](NC(=O)/C=C\C(C)C)C[C@@H]2C)O1. The van der Waals surface area contributed by atoms with Crippen LogP contribution in [0.1, 0.15) is 86.5 Å². The van der Waals surface area contributed by atoms with Crippen molar-refractivity contribution >= 4 is 17.7 Å². The van der Waals surface area contributed by atoms with Crippen LogP contribution < -0.4 is 5.32 Å². The summed E-state index contributed by atoms with van der Waals surface area (Å²) in [5.41, 5.74) is 0.366. The number of epoxide rings is 1. The first-order valence-electron chi connectivity index (χ1n) is 15.6. The van der Waals surface area contributed by atoms with E-state index in [0.29, 0.717) is 38.4 Å². The largest absolute Gasteiger partial charge is 0.466 e. The lowest BCUT2D eigenvalue weighted by Crippen LogP contribution is -2.50. The molecule has 3 aliphatic heterocycles. The van der Waals surface area contributed by atoms with Crippen LogP contribution in [0, 0.1) is 11.8 Å². The molecule has 236 valence electrons. The molecule has 1 amide bonds. The molecule has 0 aromatic heterocycles. The van der Waals surface area contributed by atoms with Gasteiger partial charge in [0, 0.05) is 25.7 Å². The van der Waals surface area contributed by atoms with Gasteiger partial charge in [-0.3, -0.25) is 14.4 Å². The second-order valence-electron chi connectivity index (χ2n) is 12.5. The van der Waals surface area contributed by atoms with Crippen molar-refractivity contribution in [1.29, 1.82) is 0 Å². The molecular formula is C33H51NO8. The quantitative estimate of drug-likeness (QED) is 0.133. The number of ether oxygens (including phenoxy) is 4. The summed E-state index contributed by atoms with van der Waals surface area (Å²) in [6.07, 6.45) is 10.9. The van der Waals surface area contributed by atoms with E-state index in [1.807, 2.05) is 45.9 Å². The number of hydrogen-bond acceptors (Lipinski definition) is 8. The second kappa shape index (κ2) is 15.9. The Labute approximate surface area is 251 Å². The van der Waals surface area contributed by atoms with Crippen molar-refractivity contribution in [3.8, 4) is 0 Å². The highest BCUT2D eigenvalue weighted by atomic mass is 16.6. The number of nitrogens with one attached hydrogen (secondary N) is 1.